The Morgan fingerprint density at radius 2 is 1.62 bits per heavy atom. The maximum atomic E-state index is 13.2. The van der Waals surface area contributed by atoms with Gasteiger partial charge in [0.15, 0.2) is 6.61 Å². The Labute approximate surface area is 213 Å². The largest absolute Gasteiger partial charge is 0.497 e. The molecular weight excluding hydrogens is 472 g/mol. The maximum Gasteiger partial charge on any atom is 0.329 e. The van der Waals surface area contributed by atoms with Crippen LogP contribution in [-0.4, -0.2) is 45.4 Å². The van der Waals surface area contributed by atoms with E-state index in [1.807, 2.05) is 60.7 Å². The van der Waals surface area contributed by atoms with Crippen molar-refractivity contribution in [3.8, 4) is 5.75 Å². The van der Waals surface area contributed by atoms with Crippen molar-refractivity contribution in [3.05, 3.63) is 100 Å². The third-order valence-corrected chi connectivity index (χ3v) is 6.47. The molecule has 0 saturated heterocycles. The van der Waals surface area contributed by atoms with Crippen LogP contribution in [0.5, 0.6) is 5.75 Å². The Balaban J connectivity index is 1.33. The minimum Gasteiger partial charge on any atom is -0.497 e. The van der Waals surface area contributed by atoms with E-state index in [2.05, 4.69) is 5.10 Å². The molecule has 1 aliphatic rings. The van der Waals surface area contributed by atoms with E-state index >= 15 is 0 Å². The van der Waals surface area contributed by atoms with Crippen LogP contribution < -0.4 is 10.4 Å². The second-order valence-electron chi connectivity index (χ2n) is 8.72. The SMILES string of the molecule is COc1ccc(C2CC(c3ccccc3)=NN2C(=O)COC(=O)Cn2c(=O)n(C)c3ccccc32)cc1. The Hall–Kier alpha value is -4.66. The predicted molar refractivity (Wildman–Crippen MR) is 138 cm³/mol. The average Bonchev–Trinajstić information content (AvgIpc) is 3.49. The molecule has 1 aromatic heterocycles. The van der Waals surface area contributed by atoms with Crippen molar-refractivity contribution in [2.24, 2.45) is 12.1 Å². The first-order valence-electron chi connectivity index (χ1n) is 11.8. The van der Waals surface area contributed by atoms with Crippen LogP contribution in [0.25, 0.3) is 11.0 Å². The Kier molecular flexibility index (Phi) is 6.59. The molecule has 188 valence electrons. The summed E-state index contributed by atoms with van der Waals surface area (Å²) in [6.45, 7) is -0.787. The van der Waals surface area contributed by atoms with Gasteiger partial charge in [0.2, 0.25) is 0 Å². The van der Waals surface area contributed by atoms with Crippen molar-refractivity contribution >= 4 is 28.6 Å². The number of aryl methyl sites for hydroxylation is 1. The fourth-order valence-corrected chi connectivity index (χ4v) is 4.53. The van der Waals surface area contributed by atoms with E-state index in [0.29, 0.717) is 23.2 Å². The molecule has 0 fully saturated rings. The summed E-state index contributed by atoms with van der Waals surface area (Å²) < 4.78 is 13.4. The number of nitrogens with zero attached hydrogens (tertiary/aromatic N) is 4. The lowest BCUT2D eigenvalue weighted by molar-refractivity contribution is -0.153. The fourth-order valence-electron chi connectivity index (χ4n) is 4.53. The Bertz CT molecular complexity index is 1540. The van der Waals surface area contributed by atoms with Gasteiger partial charge in [-0.25, -0.2) is 9.80 Å². The molecule has 0 spiro atoms. The van der Waals surface area contributed by atoms with Gasteiger partial charge in [0.05, 0.1) is 29.9 Å². The number of rotatable bonds is 7. The molecule has 0 aliphatic carbocycles. The molecular formula is C28H26N4O5. The fraction of sp³-hybridized carbons (Fsp3) is 0.214. The first kappa shape index (κ1) is 24.1. The van der Waals surface area contributed by atoms with Crippen molar-refractivity contribution in [2.45, 2.75) is 19.0 Å². The highest BCUT2D eigenvalue weighted by atomic mass is 16.5. The van der Waals surface area contributed by atoms with E-state index < -0.39 is 18.5 Å². The van der Waals surface area contributed by atoms with Crippen LogP contribution in [0.1, 0.15) is 23.6 Å². The predicted octanol–water partition coefficient (Wildman–Crippen LogP) is 3.27. The highest BCUT2D eigenvalue weighted by Crippen LogP contribution is 2.33. The van der Waals surface area contributed by atoms with E-state index in [9.17, 15) is 14.4 Å². The molecule has 5 rings (SSSR count). The topological polar surface area (TPSA) is 95.1 Å². The highest BCUT2D eigenvalue weighted by molar-refractivity contribution is 6.03. The molecule has 1 amide bonds. The minimum absolute atomic E-state index is 0.298. The van der Waals surface area contributed by atoms with E-state index in [1.165, 1.54) is 14.1 Å². The molecule has 9 nitrogen and oxygen atoms in total. The molecule has 1 atom stereocenters. The number of amides is 1. The van der Waals surface area contributed by atoms with Gasteiger partial charge in [-0.15, -0.1) is 0 Å². The number of carbonyl (C=O) groups is 2. The van der Waals surface area contributed by atoms with E-state index in [4.69, 9.17) is 9.47 Å². The number of hydrogen-bond acceptors (Lipinski definition) is 6. The third-order valence-electron chi connectivity index (χ3n) is 6.47. The smallest absolute Gasteiger partial charge is 0.329 e. The number of hydrogen-bond donors (Lipinski definition) is 0. The number of fused-ring (bicyclic) bond motifs is 1. The number of para-hydroxylation sites is 2. The summed E-state index contributed by atoms with van der Waals surface area (Å²) in [4.78, 5) is 38.5. The molecule has 0 N–H and O–H groups in total. The van der Waals surface area contributed by atoms with Crippen LogP contribution in [-0.2, 0) is 27.9 Å². The highest BCUT2D eigenvalue weighted by Gasteiger charge is 2.33. The zero-order valence-corrected chi connectivity index (χ0v) is 20.5. The number of imidazole rings is 1. The summed E-state index contributed by atoms with van der Waals surface area (Å²) in [6.07, 6.45) is 0.515. The molecule has 0 saturated carbocycles. The normalized spacial score (nSPS) is 15.0. The monoisotopic (exact) mass is 498 g/mol. The lowest BCUT2D eigenvalue weighted by Gasteiger charge is -2.22. The van der Waals surface area contributed by atoms with Crippen molar-refractivity contribution in [1.82, 2.24) is 14.1 Å². The van der Waals surface area contributed by atoms with Gasteiger partial charge in [0.25, 0.3) is 5.91 Å². The summed E-state index contributed by atoms with van der Waals surface area (Å²) >= 11 is 0. The first-order chi connectivity index (χ1) is 18.0. The molecule has 3 aromatic carbocycles. The van der Waals surface area contributed by atoms with E-state index in [-0.39, 0.29) is 18.3 Å². The van der Waals surface area contributed by atoms with Crippen molar-refractivity contribution < 1.29 is 19.1 Å². The van der Waals surface area contributed by atoms with Crippen LogP contribution in [0.2, 0.25) is 0 Å². The molecule has 1 aliphatic heterocycles. The van der Waals surface area contributed by atoms with Gasteiger partial charge in [-0.2, -0.15) is 5.10 Å². The quantitative estimate of drug-likeness (QED) is 0.365. The van der Waals surface area contributed by atoms with Crippen molar-refractivity contribution in [3.63, 3.8) is 0 Å². The molecule has 4 aromatic rings. The lowest BCUT2D eigenvalue weighted by Crippen LogP contribution is -2.33. The van der Waals surface area contributed by atoms with Gasteiger partial charge in [-0.3, -0.25) is 18.7 Å². The maximum absolute atomic E-state index is 13.2. The molecule has 1 unspecified atom stereocenters. The molecule has 0 radical (unpaired) electrons. The zero-order chi connectivity index (χ0) is 25.9. The Morgan fingerprint density at radius 1 is 0.946 bits per heavy atom. The van der Waals surface area contributed by atoms with Crippen molar-refractivity contribution in [2.75, 3.05) is 13.7 Å². The summed E-state index contributed by atoms with van der Waals surface area (Å²) in [7, 11) is 3.24. The van der Waals surface area contributed by atoms with Crippen LogP contribution >= 0.6 is 0 Å². The van der Waals surface area contributed by atoms with Crippen LogP contribution in [0.3, 0.4) is 0 Å². The molecule has 0 bridgehead atoms. The number of benzene rings is 3. The second kappa shape index (κ2) is 10.1. The van der Waals surface area contributed by atoms with E-state index in [1.54, 1.807) is 32.4 Å². The van der Waals surface area contributed by atoms with Gasteiger partial charge in [0.1, 0.15) is 12.3 Å². The standard InChI is InChI=1S/C28H26N4O5/c1-30-23-10-6-7-11-24(23)31(28(30)35)17-27(34)37-18-26(33)32-25(20-12-14-21(36-2)15-13-20)16-22(29-32)19-8-4-3-5-9-19/h3-15,25H,16-18H2,1-2H3. The molecule has 37 heavy (non-hydrogen) atoms. The van der Waals surface area contributed by atoms with Crippen LogP contribution in [0, 0.1) is 0 Å². The van der Waals surface area contributed by atoms with Crippen LogP contribution in [0.15, 0.2) is 88.8 Å². The van der Waals surface area contributed by atoms with Gasteiger partial charge >= 0.3 is 11.7 Å². The second-order valence-corrected chi connectivity index (χ2v) is 8.72. The van der Waals surface area contributed by atoms with Gasteiger partial charge in [-0.1, -0.05) is 54.6 Å². The summed E-state index contributed by atoms with van der Waals surface area (Å²) in [5, 5.41) is 5.97. The summed E-state index contributed by atoms with van der Waals surface area (Å²) in [5.74, 6) is -0.425. The molecule has 9 heteroatoms. The van der Waals surface area contributed by atoms with Crippen molar-refractivity contribution in [1.29, 1.82) is 0 Å². The number of ether oxygens (including phenoxy) is 2. The lowest BCUT2D eigenvalue weighted by atomic mass is 9.98. The van der Waals surface area contributed by atoms with Crippen LogP contribution in [0.4, 0.5) is 0 Å². The number of hydrazone groups is 1. The number of carbonyl (C=O) groups excluding carboxylic acids is 2. The van der Waals surface area contributed by atoms with Gasteiger partial charge in [-0.05, 0) is 35.4 Å². The van der Waals surface area contributed by atoms with Gasteiger partial charge < -0.3 is 9.47 Å². The molecule has 2 heterocycles. The third kappa shape index (κ3) is 4.75. The van der Waals surface area contributed by atoms with Gasteiger partial charge in [0, 0.05) is 13.5 Å². The first-order valence-corrected chi connectivity index (χ1v) is 11.8. The summed E-state index contributed by atoms with van der Waals surface area (Å²) in [5.41, 5.74) is 3.57. The average molecular weight is 499 g/mol. The summed E-state index contributed by atoms with van der Waals surface area (Å²) in [6, 6.07) is 23.9. The minimum atomic E-state index is -0.681. The number of esters is 1. The number of aromatic nitrogens is 2. The Morgan fingerprint density at radius 3 is 2.32 bits per heavy atom. The van der Waals surface area contributed by atoms with E-state index in [0.717, 1.165) is 16.8 Å². The zero-order valence-electron chi connectivity index (χ0n) is 20.5. The number of methoxy groups -OCH3 is 1.